The maximum absolute atomic E-state index is 12.0. The zero-order valence-corrected chi connectivity index (χ0v) is 14.3. The summed E-state index contributed by atoms with van der Waals surface area (Å²) < 4.78 is 5.59. The molecule has 0 aliphatic rings. The molecule has 0 aliphatic heterocycles. The lowest BCUT2D eigenvalue weighted by molar-refractivity contribution is -0.131. The second-order valence-electron chi connectivity index (χ2n) is 4.66. The molecule has 0 aliphatic carbocycles. The van der Waals surface area contributed by atoms with Crippen LogP contribution in [0, 0.1) is 0 Å². The lowest BCUT2D eigenvalue weighted by atomic mass is 10.2. The molecule has 6 heteroatoms. The van der Waals surface area contributed by atoms with Gasteiger partial charge in [0, 0.05) is 13.6 Å². The quantitative estimate of drug-likeness (QED) is 0.706. The number of para-hydroxylation sites is 1. The Hall–Kier alpha value is -0.910. The van der Waals surface area contributed by atoms with Gasteiger partial charge in [0.15, 0.2) is 0 Å². The van der Waals surface area contributed by atoms with Crippen molar-refractivity contribution in [3.05, 3.63) is 30.3 Å². The van der Waals surface area contributed by atoms with E-state index in [1.165, 1.54) is 0 Å². The van der Waals surface area contributed by atoms with Crippen molar-refractivity contribution in [3.63, 3.8) is 0 Å². The fourth-order valence-electron chi connectivity index (χ4n) is 1.77. The maximum Gasteiger partial charge on any atom is 0.239 e. The molecule has 4 nitrogen and oxygen atoms in total. The lowest BCUT2D eigenvalue weighted by Gasteiger charge is -2.21. The van der Waals surface area contributed by atoms with E-state index < -0.39 is 0 Å². The number of hydrogen-bond acceptors (Lipinski definition) is 4. The largest absolute Gasteiger partial charge is 0.494 e. The number of hydrogen-bond donors (Lipinski definition) is 1. The van der Waals surface area contributed by atoms with Crippen molar-refractivity contribution >= 4 is 30.1 Å². The Balaban J connectivity index is 0.00000400. The van der Waals surface area contributed by atoms with Crippen LogP contribution in [0.4, 0.5) is 0 Å². The van der Waals surface area contributed by atoms with Crippen molar-refractivity contribution in [2.75, 3.05) is 32.2 Å². The van der Waals surface area contributed by atoms with Crippen LogP contribution in [0.2, 0.25) is 0 Å². The van der Waals surface area contributed by atoms with Crippen molar-refractivity contribution in [3.8, 4) is 5.75 Å². The van der Waals surface area contributed by atoms with Gasteiger partial charge in [0.05, 0.1) is 12.6 Å². The highest BCUT2D eigenvalue weighted by Gasteiger charge is 2.16. The Morgan fingerprint density at radius 2 is 2.05 bits per heavy atom. The van der Waals surface area contributed by atoms with Gasteiger partial charge < -0.3 is 15.4 Å². The first kappa shape index (κ1) is 20.1. The fourth-order valence-corrected chi connectivity index (χ4v) is 2.26. The predicted molar refractivity (Wildman–Crippen MR) is 92.4 cm³/mol. The Kier molecular flexibility index (Phi) is 11.2. The van der Waals surface area contributed by atoms with Crippen LogP contribution in [0.3, 0.4) is 0 Å². The third-order valence-electron chi connectivity index (χ3n) is 2.98. The summed E-state index contributed by atoms with van der Waals surface area (Å²) in [5, 5.41) is 0. The van der Waals surface area contributed by atoms with E-state index in [0.717, 1.165) is 24.3 Å². The predicted octanol–water partition coefficient (Wildman–Crippen LogP) is 2.42. The highest BCUT2D eigenvalue weighted by atomic mass is 35.5. The van der Waals surface area contributed by atoms with Gasteiger partial charge in [-0.2, -0.15) is 11.8 Å². The molecule has 0 heterocycles. The van der Waals surface area contributed by atoms with Gasteiger partial charge in [0.1, 0.15) is 5.75 Å². The Bertz CT molecular complexity index is 393. The van der Waals surface area contributed by atoms with Crippen molar-refractivity contribution < 1.29 is 9.53 Å². The minimum absolute atomic E-state index is 0. The molecule has 0 radical (unpaired) electrons. The molecular weight excluding hydrogens is 308 g/mol. The third-order valence-corrected chi connectivity index (χ3v) is 3.62. The number of amides is 1. The summed E-state index contributed by atoms with van der Waals surface area (Å²) in [5.74, 6) is 1.79. The van der Waals surface area contributed by atoms with Crippen LogP contribution in [0.15, 0.2) is 30.3 Å². The van der Waals surface area contributed by atoms with Crippen LogP contribution >= 0.6 is 24.2 Å². The molecule has 21 heavy (non-hydrogen) atoms. The number of benzene rings is 1. The SMILES string of the molecule is CSCC[C@H](N)C(=O)N(C)CCCOc1ccccc1.Cl. The molecule has 1 rings (SSSR count). The Morgan fingerprint density at radius 3 is 2.67 bits per heavy atom. The van der Waals surface area contributed by atoms with Gasteiger partial charge in [0.2, 0.25) is 5.91 Å². The van der Waals surface area contributed by atoms with Gasteiger partial charge in [-0.15, -0.1) is 12.4 Å². The minimum atomic E-state index is -0.387. The van der Waals surface area contributed by atoms with E-state index in [-0.39, 0.29) is 24.4 Å². The summed E-state index contributed by atoms with van der Waals surface area (Å²) in [6.07, 6.45) is 3.54. The number of carbonyl (C=O) groups excluding carboxylic acids is 1. The summed E-state index contributed by atoms with van der Waals surface area (Å²) in [6.45, 7) is 1.26. The van der Waals surface area contributed by atoms with Gasteiger partial charge in [-0.1, -0.05) is 18.2 Å². The molecule has 1 aromatic rings. The lowest BCUT2D eigenvalue weighted by Crippen LogP contribution is -2.42. The second-order valence-corrected chi connectivity index (χ2v) is 5.65. The molecule has 1 amide bonds. The average Bonchev–Trinajstić information content (AvgIpc) is 2.49. The molecule has 0 bridgehead atoms. The maximum atomic E-state index is 12.0. The molecule has 1 atom stereocenters. The number of rotatable bonds is 9. The molecular formula is C15H25ClN2O2S. The Morgan fingerprint density at radius 1 is 1.38 bits per heavy atom. The molecule has 0 saturated carbocycles. The Labute approximate surface area is 137 Å². The van der Waals surface area contributed by atoms with Crippen molar-refractivity contribution in [2.45, 2.75) is 18.9 Å². The smallest absolute Gasteiger partial charge is 0.239 e. The summed E-state index contributed by atoms with van der Waals surface area (Å²) in [7, 11) is 1.80. The first-order valence-electron chi connectivity index (χ1n) is 6.82. The van der Waals surface area contributed by atoms with Gasteiger partial charge in [-0.3, -0.25) is 4.79 Å². The third kappa shape index (κ3) is 8.19. The molecule has 1 aromatic carbocycles. The average molecular weight is 333 g/mol. The van der Waals surface area contributed by atoms with Crippen LogP contribution in [0.5, 0.6) is 5.75 Å². The normalized spacial score (nSPS) is 11.4. The highest BCUT2D eigenvalue weighted by Crippen LogP contribution is 2.08. The number of ether oxygens (including phenoxy) is 1. The van der Waals surface area contributed by atoms with E-state index >= 15 is 0 Å². The zero-order chi connectivity index (χ0) is 14.8. The minimum Gasteiger partial charge on any atom is -0.494 e. The van der Waals surface area contributed by atoms with E-state index in [9.17, 15) is 4.79 Å². The summed E-state index contributed by atoms with van der Waals surface area (Å²) in [4.78, 5) is 13.7. The summed E-state index contributed by atoms with van der Waals surface area (Å²) in [6, 6.07) is 9.30. The second kappa shape index (κ2) is 11.7. The van der Waals surface area contributed by atoms with E-state index in [1.807, 2.05) is 36.6 Å². The molecule has 0 spiro atoms. The van der Waals surface area contributed by atoms with Gasteiger partial charge >= 0.3 is 0 Å². The van der Waals surface area contributed by atoms with Gasteiger partial charge in [-0.25, -0.2) is 0 Å². The summed E-state index contributed by atoms with van der Waals surface area (Å²) >= 11 is 1.71. The number of thioether (sulfide) groups is 1. The first-order valence-corrected chi connectivity index (χ1v) is 8.22. The molecule has 0 saturated heterocycles. The van der Waals surface area contributed by atoms with Gasteiger partial charge in [0.25, 0.3) is 0 Å². The number of halogens is 1. The summed E-state index contributed by atoms with van der Waals surface area (Å²) in [5.41, 5.74) is 5.86. The van der Waals surface area contributed by atoms with Crippen LogP contribution in [0.25, 0.3) is 0 Å². The van der Waals surface area contributed by atoms with Crippen LogP contribution in [-0.4, -0.2) is 49.1 Å². The van der Waals surface area contributed by atoms with Crippen LogP contribution < -0.4 is 10.5 Å². The topological polar surface area (TPSA) is 55.6 Å². The molecule has 0 aromatic heterocycles. The molecule has 0 unspecified atom stereocenters. The van der Waals surface area contributed by atoms with Crippen LogP contribution in [-0.2, 0) is 4.79 Å². The monoisotopic (exact) mass is 332 g/mol. The van der Waals surface area contributed by atoms with E-state index in [0.29, 0.717) is 13.2 Å². The fraction of sp³-hybridized carbons (Fsp3) is 0.533. The number of likely N-dealkylation sites (N-methyl/N-ethyl adjacent to an activating group) is 1. The van der Waals surface area contributed by atoms with E-state index in [1.54, 1.807) is 23.7 Å². The van der Waals surface area contributed by atoms with E-state index in [4.69, 9.17) is 10.5 Å². The van der Waals surface area contributed by atoms with Gasteiger partial charge in [-0.05, 0) is 37.0 Å². The van der Waals surface area contributed by atoms with Crippen molar-refractivity contribution in [2.24, 2.45) is 5.73 Å². The molecule has 120 valence electrons. The van der Waals surface area contributed by atoms with Crippen molar-refractivity contribution in [1.29, 1.82) is 0 Å². The number of carbonyl (C=O) groups is 1. The first-order chi connectivity index (χ1) is 9.65. The number of nitrogens with zero attached hydrogens (tertiary/aromatic N) is 1. The number of nitrogens with two attached hydrogens (primary N) is 1. The van der Waals surface area contributed by atoms with E-state index in [2.05, 4.69) is 0 Å². The molecule has 2 N–H and O–H groups in total. The highest BCUT2D eigenvalue weighted by molar-refractivity contribution is 7.98. The van der Waals surface area contributed by atoms with Crippen LogP contribution in [0.1, 0.15) is 12.8 Å². The molecule has 0 fully saturated rings. The van der Waals surface area contributed by atoms with Crippen molar-refractivity contribution in [1.82, 2.24) is 4.90 Å². The standard InChI is InChI=1S/C15H24N2O2S.ClH/c1-17(15(18)14(16)9-12-20-2)10-6-11-19-13-7-4-3-5-8-13;/h3-5,7-8,14H,6,9-12,16H2,1-2H3;1H/t14-;/m0./s1. The zero-order valence-electron chi connectivity index (χ0n) is 12.7.